The molecule has 2 rings (SSSR count). The lowest BCUT2D eigenvalue weighted by atomic mass is 10.2. The van der Waals surface area contributed by atoms with Crippen molar-refractivity contribution in [1.29, 1.82) is 0 Å². The summed E-state index contributed by atoms with van der Waals surface area (Å²) < 4.78 is 32.1. The Morgan fingerprint density at radius 2 is 1.92 bits per heavy atom. The zero-order valence-electron chi connectivity index (χ0n) is 14.9. The lowest BCUT2D eigenvalue weighted by Gasteiger charge is -2.12. The molecule has 0 saturated carbocycles. The maximum Gasteiger partial charge on any atom is 0.250 e. The highest BCUT2D eigenvalue weighted by Crippen LogP contribution is 2.14. The highest BCUT2D eigenvalue weighted by Gasteiger charge is 2.13. The predicted octanol–water partition coefficient (Wildman–Crippen LogP) is 1.79. The molecule has 0 aliphatic rings. The zero-order chi connectivity index (χ0) is 18.8. The van der Waals surface area contributed by atoms with Gasteiger partial charge in [0.25, 0.3) is 0 Å². The third-order valence-electron chi connectivity index (χ3n) is 3.39. The first-order valence-corrected chi connectivity index (χ1v) is 10.6. The van der Waals surface area contributed by atoms with Crippen molar-refractivity contribution in [2.45, 2.75) is 17.7 Å². The average molecular weight is 397 g/mol. The van der Waals surface area contributed by atoms with Crippen molar-refractivity contribution in [3.05, 3.63) is 47.3 Å². The molecule has 1 aromatic heterocycles. The molecule has 0 atom stereocenters. The minimum absolute atomic E-state index is 0.271. The quantitative estimate of drug-likeness (QED) is 0.341. The first-order chi connectivity index (χ1) is 12.5. The van der Waals surface area contributed by atoms with Gasteiger partial charge in [0.1, 0.15) is 9.96 Å². The monoisotopic (exact) mass is 396 g/mol. The van der Waals surface area contributed by atoms with Crippen LogP contribution >= 0.6 is 11.3 Å². The van der Waals surface area contributed by atoms with Crippen LogP contribution in [0.2, 0.25) is 0 Å². The second-order valence-corrected chi connectivity index (χ2v) is 8.24. The summed E-state index contributed by atoms with van der Waals surface area (Å²) in [5.41, 5.74) is 1.06. The van der Waals surface area contributed by atoms with Gasteiger partial charge in [-0.05, 0) is 36.1 Å². The Labute approximate surface area is 158 Å². The molecule has 2 aromatic rings. The van der Waals surface area contributed by atoms with Gasteiger partial charge >= 0.3 is 0 Å². The van der Waals surface area contributed by atoms with Crippen LogP contribution in [-0.2, 0) is 16.6 Å². The fraction of sp³-hybridized carbons (Fsp3) is 0.353. The van der Waals surface area contributed by atoms with Crippen LogP contribution in [-0.4, -0.2) is 41.1 Å². The molecule has 0 fully saturated rings. The molecule has 9 heteroatoms. The van der Waals surface area contributed by atoms with Gasteiger partial charge in [-0.2, -0.15) is 0 Å². The van der Waals surface area contributed by atoms with Crippen molar-refractivity contribution in [3.8, 4) is 5.75 Å². The van der Waals surface area contributed by atoms with Crippen LogP contribution < -0.4 is 20.1 Å². The minimum Gasteiger partial charge on any atom is -0.497 e. The summed E-state index contributed by atoms with van der Waals surface area (Å²) in [6.45, 7) is 3.91. The minimum atomic E-state index is -3.43. The normalized spacial score (nSPS) is 12.0. The standard InChI is InChI=1S/C17H24N4O3S2/c1-3-18-17(20-13-14-6-8-15(24-2)9-7-14)19-10-11-21-26(22,23)16-5-4-12-25-16/h4-9,12,21H,3,10-11,13H2,1-2H3,(H2,18,19,20). The molecule has 26 heavy (non-hydrogen) atoms. The molecular formula is C17H24N4O3S2. The summed E-state index contributed by atoms with van der Waals surface area (Å²) >= 11 is 1.19. The van der Waals surface area contributed by atoms with Crippen LogP contribution in [0.3, 0.4) is 0 Å². The van der Waals surface area contributed by atoms with Gasteiger partial charge in [0, 0.05) is 19.6 Å². The Hall–Kier alpha value is -2.10. The van der Waals surface area contributed by atoms with E-state index < -0.39 is 10.0 Å². The SMILES string of the molecule is CCNC(=NCc1ccc(OC)cc1)NCCNS(=O)(=O)c1cccs1. The van der Waals surface area contributed by atoms with Crippen molar-refractivity contribution >= 4 is 27.3 Å². The smallest absolute Gasteiger partial charge is 0.250 e. The molecule has 0 spiro atoms. The number of sulfonamides is 1. The van der Waals surface area contributed by atoms with E-state index in [0.717, 1.165) is 17.9 Å². The maximum absolute atomic E-state index is 12.0. The largest absolute Gasteiger partial charge is 0.497 e. The Morgan fingerprint density at radius 1 is 1.15 bits per heavy atom. The number of guanidine groups is 1. The van der Waals surface area contributed by atoms with Gasteiger partial charge in [-0.25, -0.2) is 18.1 Å². The second kappa shape index (κ2) is 10.1. The van der Waals surface area contributed by atoms with Crippen LogP contribution in [0.25, 0.3) is 0 Å². The molecule has 0 bridgehead atoms. The molecule has 7 nitrogen and oxygen atoms in total. The van der Waals surface area contributed by atoms with Crippen LogP contribution in [0.1, 0.15) is 12.5 Å². The summed E-state index contributed by atoms with van der Waals surface area (Å²) in [4.78, 5) is 4.50. The van der Waals surface area contributed by atoms with E-state index >= 15 is 0 Å². The summed E-state index contributed by atoms with van der Waals surface area (Å²) in [6, 6.07) is 11.0. The van der Waals surface area contributed by atoms with Crippen molar-refractivity contribution in [3.63, 3.8) is 0 Å². The van der Waals surface area contributed by atoms with E-state index in [2.05, 4.69) is 20.3 Å². The molecule has 0 aliphatic carbocycles. The number of rotatable bonds is 9. The van der Waals surface area contributed by atoms with E-state index in [9.17, 15) is 8.42 Å². The number of hydrogen-bond donors (Lipinski definition) is 3. The fourth-order valence-electron chi connectivity index (χ4n) is 2.10. The van der Waals surface area contributed by atoms with Gasteiger partial charge in [-0.3, -0.25) is 0 Å². The van der Waals surface area contributed by atoms with E-state index in [1.54, 1.807) is 24.6 Å². The van der Waals surface area contributed by atoms with Crippen LogP contribution in [0, 0.1) is 0 Å². The molecule has 0 unspecified atom stereocenters. The van der Waals surface area contributed by atoms with Gasteiger partial charge in [0.2, 0.25) is 10.0 Å². The average Bonchev–Trinajstić information content (AvgIpc) is 3.19. The number of ether oxygens (including phenoxy) is 1. The first kappa shape index (κ1) is 20.2. The van der Waals surface area contributed by atoms with E-state index in [4.69, 9.17) is 4.74 Å². The van der Waals surface area contributed by atoms with Gasteiger partial charge < -0.3 is 15.4 Å². The Bertz CT molecular complexity index is 788. The van der Waals surface area contributed by atoms with E-state index in [1.807, 2.05) is 31.2 Å². The molecule has 3 N–H and O–H groups in total. The molecular weight excluding hydrogens is 372 g/mol. The number of benzene rings is 1. The molecule has 0 saturated heterocycles. The Morgan fingerprint density at radius 3 is 2.54 bits per heavy atom. The van der Waals surface area contributed by atoms with E-state index in [0.29, 0.717) is 23.3 Å². The number of nitrogens with zero attached hydrogens (tertiary/aromatic N) is 1. The number of nitrogens with one attached hydrogen (secondary N) is 3. The van der Waals surface area contributed by atoms with Crippen LogP contribution in [0.15, 0.2) is 51.0 Å². The van der Waals surface area contributed by atoms with Crippen molar-refractivity contribution in [1.82, 2.24) is 15.4 Å². The molecule has 0 aliphatic heterocycles. The maximum atomic E-state index is 12.0. The second-order valence-electron chi connectivity index (χ2n) is 5.30. The topological polar surface area (TPSA) is 91.8 Å². The van der Waals surface area contributed by atoms with Gasteiger partial charge in [0.15, 0.2) is 5.96 Å². The van der Waals surface area contributed by atoms with E-state index in [1.165, 1.54) is 11.3 Å². The fourth-order valence-corrected chi connectivity index (χ4v) is 4.17. The Balaban J connectivity index is 1.83. The van der Waals surface area contributed by atoms with Crippen molar-refractivity contribution in [2.24, 2.45) is 4.99 Å². The van der Waals surface area contributed by atoms with Gasteiger partial charge in [0.05, 0.1) is 13.7 Å². The highest BCUT2D eigenvalue weighted by molar-refractivity contribution is 7.91. The predicted molar refractivity (Wildman–Crippen MR) is 105 cm³/mol. The summed E-state index contributed by atoms with van der Waals surface area (Å²) in [5, 5.41) is 8.00. The van der Waals surface area contributed by atoms with Crippen LogP contribution in [0.5, 0.6) is 5.75 Å². The molecule has 0 radical (unpaired) electrons. The van der Waals surface area contributed by atoms with Crippen molar-refractivity contribution < 1.29 is 13.2 Å². The van der Waals surface area contributed by atoms with E-state index in [-0.39, 0.29) is 6.54 Å². The third kappa shape index (κ3) is 6.32. The number of thiophene rings is 1. The van der Waals surface area contributed by atoms with Crippen molar-refractivity contribution in [2.75, 3.05) is 26.7 Å². The summed E-state index contributed by atoms with van der Waals surface area (Å²) in [7, 11) is -1.80. The number of hydrogen-bond acceptors (Lipinski definition) is 5. The molecule has 142 valence electrons. The first-order valence-electron chi connectivity index (χ1n) is 8.23. The summed E-state index contributed by atoms with van der Waals surface area (Å²) in [5.74, 6) is 1.44. The lowest BCUT2D eigenvalue weighted by Crippen LogP contribution is -2.41. The molecule has 0 amide bonds. The molecule has 1 aromatic carbocycles. The van der Waals surface area contributed by atoms with Gasteiger partial charge in [-0.15, -0.1) is 11.3 Å². The van der Waals surface area contributed by atoms with Crippen LogP contribution in [0.4, 0.5) is 0 Å². The lowest BCUT2D eigenvalue weighted by molar-refractivity contribution is 0.414. The van der Waals surface area contributed by atoms with Gasteiger partial charge in [-0.1, -0.05) is 18.2 Å². The Kier molecular flexibility index (Phi) is 7.89. The number of aliphatic imine (C=N–C) groups is 1. The zero-order valence-corrected chi connectivity index (χ0v) is 16.5. The third-order valence-corrected chi connectivity index (χ3v) is 6.25. The summed E-state index contributed by atoms with van der Waals surface area (Å²) in [6.07, 6.45) is 0. The molecule has 1 heterocycles. The number of methoxy groups -OCH3 is 1. The highest BCUT2D eigenvalue weighted by atomic mass is 32.2.